The van der Waals surface area contributed by atoms with Gasteiger partial charge in [-0.15, -0.1) is 0 Å². The summed E-state index contributed by atoms with van der Waals surface area (Å²) < 4.78 is 7.26. The van der Waals surface area contributed by atoms with Crippen molar-refractivity contribution in [3.63, 3.8) is 0 Å². The van der Waals surface area contributed by atoms with E-state index in [1.807, 2.05) is 47.9 Å². The predicted octanol–water partition coefficient (Wildman–Crippen LogP) is 2.99. The van der Waals surface area contributed by atoms with Crippen molar-refractivity contribution in [3.05, 3.63) is 65.1 Å². The number of imidazole rings is 1. The van der Waals surface area contributed by atoms with Crippen molar-refractivity contribution in [1.29, 1.82) is 0 Å². The summed E-state index contributed by atoms with van der Waals surface area (Å²) in [6, 6.07) is 11.2. The number of amides is 1. The molecule has 0 spiro atoms. The second-order valence-corrected chi connectivity index (χ2v) is 5.66. The standard InChI is InChI=1S/C17H16ClN3O2/c1-12-2-5-15(6-3-12)23-11-17(22)19-8-14-10-21-9-13(18)4-7-16(21)20-14/h2-7,9-10H,8,11H2,1H3,(H,19,22). The molecule has 0 fully saturated rings. The molecule has 6 heteroatoms. The van der Waals surface area contributed by atoms with Gasteiger partial charge in [0.25, 0.3) is 5.91 Å². The van der Waals surface area contributed by atoms with E-state index in [9.17, 15) is 4.79 Å². The highest BCUT2D eigenvalue weighted by atomic mass is 35.5. The smallest absolute Gasteiger partial charge is 0.258 e. The first-order valence-corrected chi connectivity index (χ1v) is 7.57. The second kappa shape index (κ2) is 6.71. The lowest BCUT2D eigenvalue weighted by molar-refractivity contribution is -0.123. The number of halogens is 1. The Hall–Kier alpha value is -2.53. The number of fused-ring (bicyclic) bond motifs is 1. The third kappa shape index (κ3) is 4.02. The van der Waals surface area contributed by atoms with Gasteiger partial charge in [-0.2, -0.15) is 0 Å². The first-order valence-electron chi connectivity index (χ1n) is 7.19. The van der Waals surface area contributed by atoms with Crippen LogP contribution in [0.3, 0.4) is 0 Å². The third-order valence-corrected chi connectivity index (χ3v) is 3.55. The quantitative estimate of drug-likeness (QED) is 0.783. The van der Waals surface area contributed by atoms with Crippen molar-refractivity contribution in [2.75, 3.05) is 6.61 Å². The SMILES string of the molecule is Cc1ccc(OCC(=O)NCc2cn3cc(Cl)ccc3n2)cc1. The number of carbonyl (C=O) groups excluding carboxylic acids is 1. The fraction of sp³-hybridized carbons (Fsp3) is 0.176. The lowest BCUT2D eigenvalue weighted by atomic mass is 10.2. The highest BCUT2D eigenvalue weighted by molar-refractivity contribution is 6.30. The molecule has 1 amide bonds. The minimum Gasteiger partial charge on any atom is -0.484 e. The molecule has 3 rings (SSSR count). The van der Waals surface area contributed by atoms with Crippen LogP contribution in [-0.4, -0.2) is 21.9 Å². The zero-order valence-corrected chi connectivity index (χ0v) is 13.4. The highest BCUT2D eigenvalue weighted by Gasteiger charge is 2.06. The second-order valence-electron chi connectivity index (χ2n) is 5.22. The maximum Gasteiger partial charge on any atom is 0.258 e. The number of nitrogens with zero attached hydrogens (tertiary/aromatic N) is 2. The molecule has 118 valence electrons. The maximum atomic E-state index is 11.8. The first-order chi connectivity index (χ1) is 11.1. The van der Waals surface area contributed by atoms with Crippen molar-refractivity contribution in [2.45, 2.75) is 13.5 Å². The van der Waals surface area contributed by atoms with E-state index in [0.29, 0.717) is 17.3 Å². The molecule has 3 aromatic rings. The Morgan fingerprint density at radius 2 is 2.00 bits per heavy atom. The van der Waals surface area contributed by atoms with Gasteiger partial charge >= 0.3 is 0 Å². The minimum absolute atomic E-state index is 0.0255. The van der Waals surface area contributed by atoms with Gasteiger partial charge in [0.1, 0.15) is 11.4 Å². The Labute approximate surface area is 138 Å². The molecule has 23 heavy (non-hydrogen) atoms. The first kappa shape index (κ1) is 15.4. The van der Waals surface area contributed by atoms with Crippen LogP contribution in [0, 0.1) is 6.92 Å². The van der Waals surface area contributed by atoms with Gasteiger partial charge in [0.2, 0.25) is 0 Å². The molecule has 0 bridgehead atoms. The fourth-order valence-corrected chi connectivity index (χ4v) is 2.29. The van der Waals surface area contributed by atoms with Crippen LogP contribution in [0.15, 0.2) is 48.8 Å². The van der Waals surface area contributed by atoms with Gasteiger partial charge in [0, 0.05) is 12.4 Å². The average Bonchev–Trinajstić information content (AvgIpc) is 2.94. The zero-order chi connectivity index (χ0) is 16.2. The summed E-state index contributed by atoms with van der Waals surface area (Å²) in [6.07, 6.45) is 3.61. The number of carbonyl (C=O) groups is 1. The monoisotopic (exact) mass is 329 g/mol. The van der Waals surface area contributed by atoms with Crippen LogP contribution in [0.1, 0.15) is 11.3 Å². The van der Waals surface area contributed by atoms with Gasteiger partial charge in [-0.05, 0) is 31.2 Å². The van der Waals surface area contributed by atoms with Crippen LogP contribution >= 0.6 is 11.6 Å². The van der Waals surface area contributed by atoms with Crippen molar-refractivity contribution in [1.82, 2.24) is 14.7 Å². The van der Waals surface area contributed by atoms with Crippen LogP contribution < -0.4 is 10.1 Å². The van der Waals surface area contributed by atoms with E-state index in [4.69, 9.17) is 16.3 Å². The number of hydrogen-bond acceptors (Lipinski definition) is 3. The molecule has 0 unspecified atom stereocenters. The van der Waals surface area contributed by atoms with Crippen LogP contribution in [0.4, 0.5) is 0 Å². The van der Waals surface area contributed by atoms with E-state index in [-0.39, 0.29) is 12.5 Å². The lowest BCUT2D eigenvalue weighted by Crippen LogP contribution is -2.28. The summed E-state index contributed by atoms with van der Waals surface area (Å²) in [5.41, 5.74) is 2.69. The molecular formula is C17H16ClN3O2. The molecular weight excluding hydrogens is 314 g/mol. The van der Waals surface area contributed by atoms with Crippen molar-refractivity contribution >= 4 is 23.2 Å². The molecule has 0 atom stereocenters. The molecule has 0 aliphatic rings. The number of rotatable bonds is 5. The molecule has 1 N–H and O–H groups in total. The van der Waals surface area contributed by atoms with Crippen LogP contribution in [0.5, 0.6) is 5.75 Å². The zero-order valence-electron chi connectivity index (χ0n) is 12.6. The topological polar surface area (TPSA) is 55.6 Å². The van der Waals surface area contributed by atoms with Gasteiger partial charge in [-0.25, -0.2) is 4.98 Å². The molecule has 2 heterocycles. The Balaban J connectivity index is 1.52. The number of aromatic nitrogens is 2. The summed E-state index contributed by atoms with van der Waals surface area (Å²) in [5.74, 6) is 0.480. The minimum atomic E-state index is -0.194. The normalized spacial score (nSPS) is 10.7. The van der Waals surface area contributed by atoms with Gasteiger partial charge in [-0.3, -0.25) is 4.79 Å². The van der Waals surface area contributed by atoms with Crippen LogP contribution in [-0.2, 0) is 11.3 Å². The number of aryl methyl sites for hydroxylation is 1. The fourth-order valence-electron chi connectivity index (χ4n) is 2.13. The molecule has 2 aromatic heterocycles. The number of nitrogens with one attached hydrogen (secondary N) is 1. The van der Waals surface area contributed by atoms with E-state index in [1.54, 1.807) is 12.3 Å². The molecule has 0 radical (unpaired) electrons. The van der Waals surface area contributed by atoms with Crippen molar-refractivity contribution in [2.24, 2.45) is 0 Å². The van der Waals surface area contributed by atoms with Gasteiger partial charge < -0.3 is 14.5 Å². The van der Waals surface area contributed by atoms with Gasteiger partial charge in [-0.1, -0.05) is 29.3 Å². The third-order valence-electron chi connectivity index (χ3n) is 3.32. The number of ether oxygens (including phenoxy) is 1. The van der Waals surface area contributed by atoms with E-state index >= 15 is 0 Å². The molecule has 1 aromatic carbocycles. The Kier molecular flexibility index (Phi) is 4.48. The Bertz CT molecular complexity index is 827. The molecule has 5 nitrogen and oxygen atoms in total. The van der Waals surface area contributed by atoms with Crippen molar-refractivity contribution < 1.29 is 9.53 Å². The maximum absolute atomic E-state index is 11.8. The van der Waals surface area contributed by atoms with Crippen molar-refractivity contribution in [3.8, 4) is 5.75 Å². The lowest BCUT2D eigenvalue weighted by Gasteiger charge is -2.06. The van der Waals surface area contributed by atoms with E-state index in [1.165, 1.54) is 0 Å². The molecule has 0 aliphatic heterocycles. The molecule has 0 saturated carbocycles. The van der Waals surface area contributed by atoms with Gasteiger partial charge in [0.05, 0.1) is 17.3 Å². The van der Waals surface area contributed by atoms with E-state index < -0.39 is 0 Å². The predicted molar refractivity (Wildman–Crippen MR) is 88.7 cm³/mol. The number of pyridine rings is 1. The molecule has 0 aliphatic carbocycles. The van der Waals surface area contributed by atoms with Gasteiger partial charge in [0.15, 0.2) is 6.61 Å². The Morgan fingerprint density at radius 1 is 1.22 bits per heavy atom. The number of hydrogen-bond donors (Lipinski definition) is 1. The highest BCUT2D eigenvalue weighted by Crippen LogP contribution is 2.12. The molecule has 0 saturated heterocycles. The Morgan fingerprint density at radius 3 is 2.78 bits per heavy atom. The van der Waals surface area contributed by atoms with Crippen LogP contribution in [0.2, 0.25) is 5.02 Å². The number of benzene rings is 1. The van der Waals surface area contributed by atoms with E-state index in [0.717, 1.165) is 16.9 Å². The van der Waals surface area contributed by atoms with Crippen LogP contribution in [0.25, 0.3) is 5.65 Å². The van der Waals surface area contributed by atoms with E-state index in [2.05, 4.69) is 10.3 Å². The average molecular weight is 330 g/mol. The summed E-state index contributed by atoms with van der Waals surface area (Å²) in [4.78, 5) is 16.2. The summed E-state index contributed by atoms with van der Waals surface area (Å²) >= 11 is 5.93. The summed E-state index contributed by atoms with van der Waals surface area (Å²) in [7, 11) is 0. The summed E-state index contributed by atoms with van der Waals surface area (Å²) in [6.45, 7) is 2.32. The summed E-state index contributed by atoms with van der Waals surface area (Å²) in [5, 5.41) is 3.42. The largest absolute Gasteiger partial charge is 0.484 e.